The molecule has 0 spiro atoms. The van der Waals surface area contributed by atoms with Crippen molar-refractivity contribution < 1.29 is 14.3 Å². The molecule has 5 heteroatoms. The normalized spacial score (nSPS) is 10.4. The predicted molar refractivity (Wildman–Crippen MR) is 71.2 cm³/mol. The minimum absolute atomic E-state index is 0.250. The Kier molecular flexibility index (Phi) is 4.18. The van der Waals surface area contributed by atoms with Crippen LogP contribution in [0.25, 0.3) is 0 Å². The molecule has 2 aromatic heterocycles. The molecule has 0 unspecified atom stereocenters. The van der Waals surface area contributed by atoms with Gasteiger partial charge in [-0.05, 0) is 30.7 Å². The molecule has 0 fully saturated rings. The van der Waals surface area contributed by atoms with Crippen molar-refractivity contribution in [2.45, 2.75) is 26.3 Å². The number of carboxylic acids is 1. The van der Waals surface area contributed by atoms with Crippen LogP contribution in [0.15, 0.2) is 34.9 Å². The molecular formula is C14H16N2O3. The lowest BCUT2D eigenvalue weighted by molar-refractivity contribution is 0.0696. The maximum absolute atomic E-state index is 11.1. The number of anilines is 1. The number of hydrogen-bond acceptors (Lipinski definition) is 4. The third kappa shape index (κ3) is 3.58. The van der Waals surface area contributed by atoms with Crippen LogP contribution in [0.4, 0.5) is 5.82 Å². The van der Waals surface area contributed by atoms with Gasteiger partial charge in [-0.1, -0.05) is 13.3 Å². The van der Waals surface area contributed by atoms with Gasteiger partial charge >= 0.3 is 5.97 Å². The van der Waals surface area contributed by atoms with E-state index in [0.29, 0.717) is 12.4 Å². The number of carbonyl (C=O) groups is 1. The molecule has 0 aromatic carbocycles. The van der Waals surface area contributed by atoms with E-state index in [9.17, 15) is 4.79 Å². The summed E-state index contributed by atoms with van der Waals surface area (Å²) in [5.41, 5.74) is 1.03. The van der Waals surface area contributed by atoms with Crippen molar-refractivity contribution in [1.82, 2.24) is 4.98 Å². The zero-order valence-electron chi connectivity index (χ0n) is 10.7. The van der Waals surface area contributed by atoms with E-state index < -0.39 is 5.97 Å². The molecule has 5 nitrogen and oxygen atoms in total. The quantitative estimate of drug-likeness (QED) is 0.835. The van der Waals surface area contributed by atoms with Gasteiger partial charge in [0, 0.05) is 5.69 Å². The molecule has 2 aromatic rings. The third-order valence-electron chi connectivity index (χ3n) is 2.66. The van der Waals surface area contributed by atoms with Gasteiger partial charge in [-0.2, -0.15) is 0 Å². The first kappa shape index (κ1) is 13.1. The van der Waals surface area contributed by atoms with Crippen LogP contribution in [-0.2, 0) is 13.0 Å². The number of carboxylic acid groups (broad SMARTS) is 1. The smallest absolute Gasteiger partial charge is 0.335 e. The van der Waals surface area contributed by atoms with Crippen LogP contribution in [0.1, 0.15) is 35.2 Å². The number of rotatable bonds is 6. The lowest BCUT2D eigenvalue weighted by Gasteiger charge is -2.07. The minimum atomic E-state index is -0.944. The lowest BCUT2D eigenvalue weighted by atomic mass is 10.1. The van der Waals surface area contributed by atoms with Gasteiger partial charge in [-0.3, -0.25) is 0 Å². The van der Waals surface area contributed by atoms with Gasteiger partial charge in [-0.15, -0.1) is 0 Å². The van der Waals surface area contributed by atoms with Crippen LogP contribution >= 0.6 is 0 Å². The number of nitrogens with zero attached hydrogens (tertiary/aromatic N) is 1. The number of aromatic nitrogens is 1. The van der Waals surface area contributed by atoms with E-state index in [0.717, 1.165) is 24.3 Å². The van der Waals surface area contributed by atoms with E-state index in [2.05, 4.69) is 10.3 Å². The molecule has 0 atom stereocenters. The first-order valence-electron chi connectivity index (χ1n) is 6.19. The van der Waals surface area contributed by atoms with E-state index >= 15 is 0 Å². The van der Waals surface area contributed by atoms with Gasteiger partial charge in [-0.25, -0.2) is 9.78 Å². The van der Waals surface area contributed by atoms with Gasteiger partial charge in [0.2, 0.25) is 0 Å². The van der Waals surface area contributed by atoms with E-state index in [1.807, 2.05) is 13.0 Å². The number of pyridine rings is 1. The standard InChI is InChI=1S/C14H16N2O3/c1-2-4-11-7-10(14(17)18)8-13(16-11)15-9-12-5-3-6-19-12/h3,5-8H,2,4,9H2,1H3,(H,15,16)(H,17,18). The van der Waals surface area contributed by atoms with Crippen LogP contribution in [0, 0.1) is 0 Å². The van der Waals surface area contributed by atoms with E-state index in [1.165, 1.54) is 6.07 Å². The molecule has 100 valence electrons. The molecule has 2 heterocycles. The molecule has 0 radical (unpaired) electrons. The zero-order valence-corrected chi connectivity index (χ0v) is 10.7. The molecular weight excluding hydrogens is 244 g/mol. The summed E-state index contributed by atoms with van der Waals surface area (Å²) in [6.07, 6.45) is 3.28. The number of aryl methyl sites for hydroxylation is 1. The average Bonchev–Trinajstić information content (AvgIpc) is 2.89. The van der Waals surface area contributed by atoms with E-state index in [-0.39, 0.29) is 5.56 Å². The van der Waals surface area contributed by atoms with Crippen molar-refractivity contribution in [1.29, 1.82) is 0 Å². The van der Waals surface area contributed by atoms with Crippen LogP contribution < -0.4 is 5.32 Å². The summed E-state index contributed by atoms with van der Waals surface area (Å²) in [4.78, 5) is 15.5. The Morgan fingerprint density at radius 3 is 2.95 bits per heavy atom. The third-order valence-corrected chi connectivity index (χ3v) is 2.66. The van der Waals surface area contributed by atoms with Crippen LogP contribution in [0.3, 0.4) is 0 Å². The second-order valence-corrected chi connectivity index (χ2v) is 4.22. The Labute approximate surface area is 111 Å². The predicted octanol–water partition coefficient (Wildman–Crippen LogP) is 2.94. The van der Waals surface area contributed by atoms with E-state index in [1.54, 1.807) is 18.4 Å². The molecule has 2 rings (SSSR count). The maximum Gasteiger partial charge on any atom is 0.335 e. The van der Waals surface area contributed by atoms with Crippen molar-refractivity contribution in [2.75, 3.05) is 5.32 Å². The summed E-state index contributed by atoms with van der Waals surface area (Å²) >= 11 is 0. The Hall–Kier alpha value is -2.30. The highest BCUT2D eigenvalue weighted by atomic mass is 16.4. The number of nitrogens with one attached hydrogen (secondary N) is 1. The lowest BCUT2D eigenvalue weighted by Crippen LogP contribution is -2.06. The summed E-state index contributed by atoms with van der Waals surface area (Å²) in [6.45, 7) is 2.51. The average molecular weight is 260 g/mol. The van der Waals surface area contributed by atoms with Gasteiger partial charge in [0.25, 0.3) is 0 Å². The summed E-state index contributed by atoms with van der Waals surface area (Å²) in [5, 5.41) is 12.2. The Balaban J connectivity index is 2.16. The molecule has 0 amide bonds. The van der Waals surface area contributed by atoms with Crippen molar-refractivity contribution >= 4 is 11.8 Å². The van der Waals surface area contributed by atoms with Crippen molar-refractivity contribution in [2.24, 2.45) is 0 Å². The summed E-state index contributed by atoms with van der Waals surface area (Å²) in [6, 6.07) is 6.80. The van der Waals surface area contributed by atoms with Crippen LogP contribution in [0.2, 0.25) is 0 Å². The molecule has 0 bridgehead atoms. The number of furan rings is 1. The second-order valence-electron chi connectivity index (χ2n) is 4.22. The Morgan fingerprint density at radius 2 is 2.32 bits per heavy atom. The fraction of sp³-hybridized carbons (Fsp3) is 0.286. The minimum Gasteiger partial charge on any atom is -0.478 e. The Morgan fingerprint density at radius 1 is 1.47 bits per heavy atom. The largest absolute Gasteiger partial charge is 0.478 e. The molecule has 0 aliphatic heterocycles. The molecule has 0 saturated heterocycles. The van der Waals surface area contributed by atoms with Gasteiger partial charge in [0.15, 0.2) is 0 Å². The van der Waals surface area contributed by atoms with E-state index in [4.69, 9.17) is 9.52 Å². The molecule has 0 saturated carbocycles. The summed E-state index contributed by atoms with van der Waals surface area (Å²) in [5.74, 6) is 0.389. The fourth-order valence-electron chi connectivity index (χ4n) is 1.78. The van der Waals surface area contributed by atoms with Crippen molar-refractivity contribution in [3.05, 3.63) is 47.5 Å². The van der Waals surface area contributed by atoms with Crippen molar-refractivity contribution in [3.8, 4) is 0 Å². The zero-order chi connectivity index (χ0) is 13.7. The molecule has 19 heavy (non-hydrogen) atoms. The molecule has 2 N–H and O–H groups in total. The topological polar surface area (TPSA) is 75.4 Å². The van der Waals surface area contributed by atoms with Gasteiger partial charge < -0.3 is 14.8 Å². The number of hydrogen-bond donors (Lipinski definition) is 2. The maximum atomic E-state index is 11.1. The fourth-order valence-corrected chi connectivity index (χ4v) is 1.78. The number of aromatic carboxylic acids is 1. The Bertz CT molecular complexity index is 550. The van der Waals surface area contributed by atoms with Gasteiger partial charge in [0.05, 0.1) is 18.4 Å². The SMILES string of the molecule is CCCc1cc(C(=O)O)cc(NCc2ccco2)n1. The first-order valence-corrected chi connectivity index (χ1v) is 6.19. The molecule has 0 aliphatic carbocycles. The van der Waals surface area contributed by atoms with Crippen LogP contribution in [-0.4, -0.2) is 16.1 Å². The highest BCUT2D eigenvalue weighted by Crippen LogP contribution is 2.13. The monoisotopic (exact) mass is 260 g/mol. The molecule has 0 aliphatic rings. The second kappa shape index (κ2) is 6.04. The highest BCUT2D eigenvalue weighted by Gasteiger charge is 2.08. The highest BCUT2D eigenvalue weighted by molar-refractivity contribution is 5.88. The van der Waals surface area contributed by atoms with Crippen LogP contribution in [0.5, 0.6) is 0 Å². The van der Waals surface area contributed by atoms with Gasteiger partial charge in [0.1, 0.15) is 11.6 Å². The first-order chi connectivity index (χ1) is 9.19. The summed E-state index contributed by atoms with van der Waals surface area (Å²) < 4.78 is 5.20. The summed E-state index contributed by atoms with van der Waals surface area (Å²) in [7, 11) is 0. The van der Waals surface area contributed by atoms with Crippen molar-refractivity contribution in [3.63, 3.8) is 0 Å².